The Morgan fingerprint density at radius 1 is 1.24 bits per heavy atom. The zero-order valence-corrected chi connectivity index (χ0v) is 9.14. The number of phenols is 2. The van der Waals surface area contributed by atoms with Crippen LogP contribution in [-0.4, -0.2) is 28.6 Å². The lowest BCUT2D eigenvalue weighted by Crippen LogP contribution is -2.25. The van der Waals surface area contributed by atoms with Crippen LogP contribution in [0.4, 0.5) is 0 Å². The number of carbonyl (C=O) groups excluding carboxylic acids is 2. The first kappa shape index (κ1) is 12.8. The van der Waals surface area contributed by atoms with Crippen molar-refractivity contribution in [2.24, 2.45) is 5.73 Å². The minimum Gasteiger partial charge on any atom is -0.504 e. The highest BCUT2D eigenvalue weighted by atomic mass is 16.3. The Labute approximate surface area is 98.1 Å². The number of rotatable bonds is 5. The van der Waals surface area contributed by atoms with Gasteiger partial charge in [0.2, 0.25) is 5.91 Å². The number of phenolic OH excluding ortho intramolecular Hbond substituents is 2. The Bertz CT molecular complexity index is 431. The molecule has 0 heterocycles. The molecule has 2 amide bonds. The highest BCUT2D eigenvalue weighted by molar-refractivity contribution is 5.94. The first-order valence-electron chi connectivity index (χ1n) is 5.09. The van der Waals surface area contributed by atoms with Gasteiger partial charge in [-0.3, -0.25) is 9.59 Å². The molecule has 0 aliphatic carbocycles. The summed E-state index contributed by atoms with van der Waals surface area (Å²) in [7, 11) is 0. The van der Waals surface area contributed by atoms with Gasteiger partial charge >= 0.3 is 0 Å². The van der Waals surface area contributed by atoms with E-state index in [1.807, 2.05) is 0 Å². The summed E-state index contributed by atoms with van der Waals surface area (Å²) < 4.78 is 0. The molecular formula is C11H14N2O4. The number of hydrogen-bond acceptors (Lipinski definition) is 4. The molecule has 0 atom stereocenters. The number of primary amides is 1. The predicted molar refractivity (Wildman–Crippen MR) is 60.5 cm³/mol. The smallest absolute Gasteiger partial charge is 0.251 e. The molecule has 0 saturated carbocycles. The molecule has 92 valence electrons. The molecule has 6 nitrogen and oxygen atoms in total. The second-order valence-corrected chi connectivity index (χ2v) is 3.53. The molecule has 1 aromatic rings. The maximum atomic E-state index is 11.5. The summed E-state index contributed by atoms with van der Waals surface area (Å²) in [6, 6.07) is 3.78. The topological polar surface area (TPSA) is 113 Å². The second kappa shape index (κ2) is 5.74. The fourth-order valence-corrected chi connectivity index (χ4v) is 1.23. The molecule has 17 heavy (non-hydrogen) atoms. The van der Waals surface area contributed by atoms with Gasteiger partial charge in [0, 0.05) is 18.5 Å². The summed E-state index contributed by atoms with van der Waals surface area (Å²) in [6.07, 6.45) is 0.673. The van der Waals surface area contributed by atoms with Crippen LogP contribution >= 0.6 is 0 Å². The van der Waals surface area contributed by atoms with Crippen LogP contribution in [0.5, 0.6) is 11.5 Å². The van der Waals surface area contributed by atoms with Gasteiger partial charge in [-0.15, -0.1) is 0 Å². The first-order valence-corrected chi connectivity index (χ1v) is 5.09. The van der Waals surface area contributed by atoms with Gasteiger partial charge in [0.15, 0.2) is 11.5 Å². The highest BCUT2D eigenvalue weighted by Crippen LogP contribution is 2.24. The zero-order chi connectivity index (χ0) is 12.8. The average Bonchev–Trinajstić information content (AvgIpc) is 2.27. The summed E-state index contributed by atoms with van der Waals surface area (Å²) in [5, 5.41) is 20.8. The fourth-order valence-electron chi connectivity index (χ4n) is 1.23. The molecule has 0 fully saturated rings. The van der Waals surface area contributed by atoms with E-state index in [4.69, 9.17) is 10.8 Å². The maximum absolute atomic E-state index is 11.5. The van der Waals surface area contributed by atoms with Crippen molar-refractivity contribution >= 4 is 11.8 Å². The van der Waals surface area contributed by atoms with Gasteiger partial charge in [-0.2, -0.15) is 0 Å². The van der Waals surface area contributed by atoms with Crippen LogP contribution in [-0.2, 0) is 4.79 Å². The molecule has 1 aromatic carbocycles. The van der Waals surface area contributed by atoms with E-state index in [0.717, 1.165) is 0 Å². The summed E-state index contributed by atoms with van der Waals surface area (Å²) >= 11 is 0. The Morgan fingerprint density at radius 2 is 1.94 bits per heavy atom. The van der Waals surface area contributed by atoms with E-state index in [2.05, 4.69) is 5.32 Å². The van der Waals surface area contributed by atoms with Crippen LogP contribution in [0.1, 0.15) is 23.2 Å². The van der Waals surface area contributed by atoms with Gasteiger partial charge in [-0.1, -0.05) is 0 Å². The van der Waals surface area contributed by atoms with Crippen molar-refractivity contribution in [1.29, 1.82) is 0 Å². The monoisotopic (exact) mass is 238 g/mol. The number of benzene rings is 1. The Kier molecular flexibility index (Phi) is 4.33. The minimum absolute atomic E-state index is 0.209. The number of carbonyl (C=O) groups is 2. The maximum Gasteiger partial charge on any atom is 0.251 e. The molecule has 0 unspecified atom stereocenters. The molecular weight excluding hydrogens is 224 g/mol. The fraction of sp³-hybridized carbons (Fsp3) is 0.273. The molecule has 6 heteroatoms. The lowest BCUT2D eigenvalue weighted by Gasteiger charge is -2.05. The van der Waals surface area contributed by atoms with Gasteiger partial charge < -0.3 is 21.3 Å². The van der Waals surface area contributed by atoms with Crippen LogP contribution < -0.4 is 11.1 Å². The molecule has 0 bridgehead atoms. The second-order valence-electron chi connectivity index (χ2n) is 3.53. The number of hydrogen-bond donors (Lipinski definition) is 4. The van der Waals surface area contributed by atoms with Gasteiger partial charge in [-0.25, -0.2) is 0 Å². The van der Waals surface area contributed by atoms with Crippen molar-refractivity contribution in [1.82, 2.24) is 5.32 Å². The van der Waals surface area contributed by atoms with E-state index in [0.29, 0.717) is 13.0 Å². The van der Waals surface area contributed by atoms with E-state index in [1.54, 1.807) is 0 Å². The standard InChI is InChI=1S/C11H14N2O4/c12-10(16)2-1-5-13-11(17)7-3-4-8(14)9(15)6-7/h3-4,6,14-15H,1-2,5H2,(H2,12,16)(H,13,17). The van der Waals surface area contributed by atoms with Crippen molar-refractivity contribution < 1.29 is 19.8 Å². The third-order valence-corrected chi connectivity index (χ3v) is 2.12. The Hall–Kier alpha value is -2.24. The summed E-state index contributed by atoms with van der Waals surface area (Å²) in [4.78, 5) is 22.0. The van der Waals surface area contributed by atoms with E-state index < -0.39 is 5.91 Å². The Balaban J connectivity index is 2.47. The summed E-state index contributed by atoms with van der Waals surface area (Å²) in [6.45, 7) is 0.323. The van der Waals surface area contributed by atoms with Crippen LogP contribution in [0.15, 0.2) is 18.2 Å². The van der Waals surface area contributed by atoms with Gasteiger partial charge in [0.05, 0.1) is 0 Å². The van der Waals surface area contributed by atoms with E-state index in [-0.39, 0.29) is 29.4 Å². The predicted octanol–water partition coefficient (Wildman–Crippen LogP) is 0.0931. The summed E-state index contributed by atoms with van der Waals surface area (Å²) in [5.41, 5.74) is 5.18. The molecule has 0 aliphatic heterocycles. The molecule has 0 spiro atoms. The number of aromatic hydroxyl groups is 2. The average molecular weight is 238 g/mol. The highest BCUT2D eigenvalue weighted by Gasteiger charge is 2.08. The van der Waals surface area contributed by atoms with Gasteiger partial charge in [-0.05, 0) is 24.6 Å². The van der Waals surface area contributed by atoms with Crippen LogP contribution in [0.3, 0.4) is 0 Å². The van der Waals surface area contributed by atoms with Crippen LogP contribution in [0, 0.1) is 0 Å². The third kappa shape index (κ3) is 4.02. The van der Waals surface area contributed by atoms with E-state index in [9.17, 15) is 14.7 Å². The molecule has 5 N–H and O–H groups in total. The SMILES string of the molecule is NC(=O)CCCNC(=O)c1ccc(O)c(O)c1. The molecule has 0 aromatic heterocycles. The zero-order valence-electron chi connectivity index (χ0n) is 9.14. The number of nitrogens with one attached hydrogen (secondary N) is 1. The van der Waals surface area contributed by atoms with Crippen molar-refractivity contribution in [3.8, 4) is 11.5 Å². The van der Waals surface area contributed by atoms with Gasteiger partial charge in [0.25, 0.3) is 5.91 Å². The van der Waals surface area contributed by atoms with Crippen molar-refractivity contribution in [3.05, 3.63) is 23.8 Å². The molecule has 0 radical (unpaired) electrons. The van der Waals surface area contributed by atoms with E-state index in [1.165, 1.54) is 18.2 Å². The number of amides is 2. The third-order valence-electron chi connectivity index (χ3n) is 2.12. The quantitative estimate of drug-likeness (QED) is 0.430. The molecule has 0 aliphatic rings. The Morgan fingerprint density at radius 3 is 2.53 bits per heavy atom. The molecule has 1 rings (SSSR count). The lowest BCUT2D eigenvalue weighted by atomic mass is 10.2. The minimum atomic E-state index is -0.415. The summed E-state index contributed by atoms with van der Waals surface area (Å²) in [5.74, 6) is -1.43. The normalized spacial score (nSPS) is 9.88. The molecule has 0 saturated heterocycles. The van der Waals surface area contributed by atoms with Gasteiger partial charge in [0.1, 0.15) is 0 Å². The van der Waals surface area contributed by atoms with Crippen molar-refractivity contribution in [2.45, 2.75) is 12.8 Å². The van der Waals surface area contributed by atoms with Crippen LogP contribution in [0.25, 0.3) is 0 Å². The first-order chi connectivity index (χ1) is 8.00. The largest absolute Gasteiger partial charge is 0.504 e. The van der Waals surface area contributed by atoms with Crippen LogP contribution in [0.2, 0.25) is 0 Å². The van der Waals surface area contributed by atoms with Crippen molar-refractivity contribution in [2.75, 3.05) is 6.54 Å². The lowest BCUT2D eigenvalue weighted by molar-refractivity contribution is -0.118. The number of nitrogens with two attached hydrogens (primary N) is 1. The van der Waals surface area contributed by atoms with E-state index >= 15 is 0 Å². The van der Waals surface area contributed by atoms with Crippen molar-refractivity contribution in [3.63, 3.8) is 0 Å².